The molecule has 0 bridgehead atoms. The molecule has 2 fully saturated rings. The minimum absolute atomic E-state index is 0.0605. The van der Waals surface area contributed by atoms with E-state index in [-0.39, 0.29) is 44.4 Å². The van der Waals surface area contributed by atoms with Gasteiger partial charge in [-0.05, 0) is 72.3 Å². The highest BCUT2D eigenvalue weighted by molar-refractivity contribution is 5.90. The molecule has 286 valence electrons. The molecule has 2 aliphatic rings. The fourth-order valence-corrected chi connectivity index (χ4v) is 7.17. The van der Waals surface area contributed by atoms with Crippen molar-refractivity contribution < 1.29 is 42.4 Å². The summed E-state index contributed by atoms with van der Waals surface area (Å²) in [5.41, 5.74) is 5.85. The molecule has 0 aliphatic carbocycles. The number of carbonyl (C=O) groups excluding carboxylic acids is 2. The number of likely N-dealkylation sites (N-methyl/N-ethyl adjacent to an activating group) is 1. The quantitative estimate of drug-likeness (QED) is 0.150. The van der Waals surface area contributed by atoms with E-state index in [2.05, 4.69) is 10.2 Å². The van der Waals surface area contributed by atoms with Crippen molar-refractivity contribution >= 4 is 11.8 Å². The van der Waals surface area contributed by atoms with Crippen LogP contribution in [-0.4, -0.2) is 76.3 Å². The van der Waals surface area contributed by atoms with Crippen molar-refractivity contribution in [1.82, 2.24) is 15.1 Å². The highest BCUT2D eigenvalue weighted by atomic mass is 19.4. The number of hydrogen-bond acceptors (Lipinski definition) is 7. The molecule has 3 N–H and O–H groups in total. The Morgan fingerprint density at radius 1 is 0.907 bits per heavy atom. The number of aliphatic hydroxyl groups is 2. The number of nitrogens with zero attached hydrogens (tertiary/aromatic N) is 2. The zero-order valence-corrected chi connectivity index (χ0v) is 30.3. The van der Waals surface area contributed by atoms with Crippen molar-refractivity contribution in [3.05, 3.63) is 131 Å². The first-order valence-corrected chi connectivity index (χ1v) is 18.2. The van der Waals surface area contributed by atoms with E-state index in [1.165, 1.54) is 0 Å². The second kappa shape index (κ2) is 17.3. The zero-order chi connectivity index (χ0) is 38.4. The van der Waals surface area contributed by atoms with Crippen LogP contribution in [0.1, 0.15) is 72.5 Å². The van der Waals surface area contributed by atoms with Crippen molar-refractivity contribution in [2.75, 3.05) is 20.1 Å². The van der Waals surface area contributed by atoms with Crippen molar-refractivity contribution in [3.63, 3.8) is 0 Å². The van der Waals surface area contributed by atoms with Gasteiger partial charge in [-0.2, -0.15) is 13.2 Å². The van der Waals surface area contributed by atoms with Gasteiger partial charge in [0.15, 0.2) is 6.29 Å². The first-order chi connectivity index (χ1) is 25.9. The van der Waals surface area contributed by atoms with Gasteiger partial charge in [-0.25, -0.2) is 0 Å². The van der Waals surface area contributed by atoms with E-state index < -0.39 is 36.4 Å². The number of amides is 2. The summed E-state index contributed by atoms with van der Waals surface area (Å²) in [6.45, 7) is 2.43. The van der Waals surface area contributed by atoms with Crippen LogP contribution in [0.5, 0.6) is 0 Å². The van der Waals surface area contributed by atoms with Gasteiger partial charge in [-0.1, -0.05) is 91.0 Å². The van der Waals surface area contributed by atoms with Gasteiger partial charge in [0.1, 0.15) is 6.04 Å². The number of ether oxygens (including phenoxy) is 2. The number of rotatable bonds is 12. The van der Waals surface area contributed by atoms with Crippen molar-refractivity contribution in [2.24, 2.45) is 0 Å². The molecule has 2 saturated heterocycles. The summed E-state index contributed by atoms with van der Waals surface area (Å²) in [5.74, 6) is -2.61. The molecule has 2 amide bonds. The third kappa shape index (κ3) is 9.37. The lowest BCUT2D eigenvalue weighted by molar-refractivity contribution is -0.253. The molecule has 6 unspecified atom stereocenters. The first-order valence-electron chi connectivity index (χ1n) is 18.2. The van der Waals surface area contributed by atoms with Gasteiger partial charge >= 0.3 is 12.1 Å². The molecule has 12 heteroatoms. The average Bonchev–Trinajstić information content (AvgIpc) is 3.69. The maximum atomic E-state index is 13.1. The lowest BCUT2D eigenvalue weighted by atomic mass is 9.97. The second-order valence-corrected chi connectivity index (χ2v) is 14.1. The number of halogens is 3. The molecule has 2 heterocycles. The summed E-state index contributed by atoms with van der Waals surface area (Å²) in [4.78, 5) is 27.5. The predicted octanol–water partition coefficient (Wildman–Crippen LogP) is 6.61. The average molecular weight is 746 g/mol. The summed E-state index contributed by atoms with van der Waals surface area (Å²) < 4.78 is 52.5. The molecule has 0 radical (unpaired) electrons. The fraction of sp³-hybridized carbons (Fsp3) is 0.381. The lowest BCUT2D eigenvalue weighted by Crippen LogP contribution is -2.50. The molecule has 4 aromatic rings. The maximum Gasteiger partial charge on any atom is 0.471 e. The van der Waals surface area contributed by atoms with Gasteiger partial charge < -0.3 is 29.9 Å². The molecule has 0 spiro atoms. The van der Waals surface area contributed by atoms with Crippen LogP contribution in [-0.2, 0) is 32.2 Å². The SMILES string of the molecule is CC(C(O)c1ccccc1)N(C)CC1CC(c2ccc(CO)cc2)OC(c2cccc(-c3cccc(CNC(=O)C4CCCN4C(=O)C(F)(F)F)c3)c2)O1. The Morgan fingerprint density at radius 2 is 1.61 bits per heavy atom. The van der Waals surface area contributed by atoms with E-state index in [1.54, 1.807) is 0 Å². The topological polar surface area (TPSA) is 112 Å². The number of nitrogens with one attached hydrogen (secondary N) is 1. The van der Waals surface area contributed by atoms with Crippen molar-refractivity contribution in [2.45, 2.75) is 82.2 Å². The van der Waals surface area contributed by atoms with Crippen LogP contribution in [0.3, 0.4) is 0 Å². The molecule has 2 aliphatic heterocycles. The molecule has 54 heavy (non-hydrogen) atoms. The summed E-state index contributed by atoms with van der Waals surface area (Å²) >= 11 is 0. The van der Waals surface area contributed by atoms with Crippen molar-refractivity contribution in [1.29, 1.82) is 0 Å². The van der Waals surface area contributed by atoms with E-state index in [0.29, 0.717) is 24.3 Å². The summed E-state index contributed by atoms with van der Waals surface area (Å²) in [6, 6.07) is 31.2. The van der Waals surface area contributed by atoms with Crippen LogP contribution in [0, 0.1) is 0 Å². The number of alkyl halides is 3. The number of aliphatic hydroxyl groups excluding tert-OH is 2. The normalized spacial score (nSPS) is 21.5. The Morgan fingerprint density at radius 3 is 2.31 bits per heavy atom. The fourth-order valence-electron chi connectivity index (χ4n) is 7.17. The molecular formula is C42H46F3N3O6. The van der Waals surface area contributed by atoms with E-state index >= 15 is 0 Å². The van der Waals surface area contributed by atoms with Gasteiger partial charge in [0.25, 0.3) is 0 Å². The van der Waals surface area contributed by atoms with Crippen LogP contribution in [0.25, 0.3) is 11.1 Å². The van der Waals surface area contributed by atoms with Gasteiger partial charge in [-0.15, -0.1) is 0 Å². The molecule has 0 aromatic heterocycles. The van der Waals surface area contributed by atoms with Crippen LogP contribution < -0.4 is 5.32 Å². The van der Waals surface area contributed by atoms with Gasteiger partial charge in [0, 0.05) is 37.7 Å². The van der Waals surface area contributed by atoms with Crippen LogP contribution in [0.15, 0.2) is 103 Å². The summed E-state index contributed by atoms with van der Waals surface area (Å²) in [5, 5.41) is 23.4. The minimum atomic E-state index is -5.03. The standard InChI is InChI=1S/C42H46F3N3O6/c1-27(38(50)31-10-4-3-5-11-31)47(2)25-35-23-37(30-18-16-28(26-49)17-19-30)54-40(53-35)34-14-7-13-33(22-34)32-12-6-9-29(21-32)24-46-39(51)36-15-8-20-48(36)41(52)42(43,44)45/h3-7,9-14,16-19,21-22,27,35-38,40,49-50H,8,15,20,23-26H2,1-2H3,(H,46,51). The van der Waals surface area contributed by atoms with E-state index in [9.17, 15) is 33.0 Å². The Bertz CT molecular complexity index is 1880. The molecule has 9 nitrogen and oxygen atoms in total. The third-order valence-corrected chi connectivity index (χ3v) is 10.3. The van der Waals surface area contributed by atoms with Crippen LogP contribution in [0.4, 0.5) is 13.2 Å². The molecular weight excluding hydrogens is 699 g/mol. The lowest BCUT2D eigenvalue weighted by Gasteiger charge is -2.39. The Labute approximate surface area is 313 Å². The summed E-state index contributed by atoms with van der Waals surface area (Å²) in [6.07, 6.45) is -5.92. The Hall–Kier alpha value is -4.59. The maximum absolute atomic E-state index is 13.1. The minimum Gasteiger partial charge on any atom is -0.392 e. The largest absolute Gasteiger partial charge is 0.471 e. The Kier molecular flexibility index (Phi) is 12.5. The van der Waals surface area contributed by atoms with Gasteiger partial charge in [0.2, 0.25) is 5.91 Å². The molecule has 6 rings (SSSR count). The molecule has 6 atom stereocenters. The number of benzene rings is 4. The van der Waals surface area contributed by atoms with Gasteiger partial charge in [-0.3, -0.25) is 14.5 Å². The first kappa shape index (κ1) is 39.1. The van der Waals surface area contributed by atoms with Crippen molar-refractivity contribution in [3.8, 4) is 11.1 Å². The number of likely N-dealkylation sites (tertiary alicyclic amines) is 1. The van der Waals surface area contributed by atoms with Gasteiger partial charge in [0.05, 0.1) is 24.9 Å². The smallest absolute Gasteiger partial charge is 0.392 e. The monoisotopic (exact) mass is 745 g/mol. The molecule has 0 saturated carbocycles. The van der Waals surface area contributed by atoms with E-state index in [0.717, 1.165) is 38.9 Å². The number of carbonyl (C=O) groups is 2. The van der Waals surface area contributed by atoms with E-state index in [4.69, 9.17) is 9.47 Å². The summed E-state index contributed by atoms with van der Waals surface area (Å²) in [7, 11) is 1.97. The number of hydrogen-bond donors (Lipinski definition) is 3. The predicted molar refractivity (Wildman–Crippen MR) is 196 cm³/mol. The molecule has 4 aromatic carbocycles. The third-order valence-electron chi connectivity index (χ3n) is 10.3. The highest BCUT2D eigenvalue weighted by Crippen LogP contribution is 2.39. The van der Waals surface area contributed by atoms with Crippen LogP contribution >= 0.6 is 0 Å². The van der Waals surface area contributed by atoms with E-state index in [1.807, 2.05) is 117 Å². The van der Waals surface area contributed by atoms with Crippen LogP contribution in [0.2, 0.25) is 0 Å². The Balaban J connectivity index is 1.17. The second-order valence-electron chi connectivity index (χ2n) is 14.1. The highest BCUT2D eigenvalue weighted by Gasteiger charge is 2.47. The zero-order valence-electron chi connectivity index (χ0n) is 30.3.